The summed E-state index contributed by atoms with van der Waals surface area (Å²) in [7, 11) is 0. The number of halogens is 3. The van der Waals surface area contributed by atoms with Gasteiger partial charge in [0, 0.05) is 29.7 Å². The first-order valence-electron chi connectivity index (χ1n) is 11.7. The minimum absolute atomic E-state index is 0.00897. The Labute approximate surface area is 211 Å². The van der Waals surface area contributed by atoms with Crippen molar-refractivity contribution in [2.45, 2.75) is 32.4 Å². The minimum Gasteiger partial charge on any atom is -0.359 e. The van der Waals surface area contributed by atoms with Gasteiger partial charge in [0.25, 0.3) is 11.6 Å². The van der Waals surface area contributed by atoms with Crippen LogP contribution in [0, 0.1) is 23.5 Å². The molecular formula is C25H29BrF2N4O3. The van der Waals surface area contributed by atoms with Gasteiger partial charge < -0.3 is 20.6 Å². The van der Waals surface area contributed by atoms with Crippen LogP contribution in [0.4, 0.5) is 25.0 Å². The second-order valence-electron chi connectivity index (χ2n) is 9.51. The lowest BCUT2D eigenvalue weighted by atomic mass is 9.92. The summed E-state index contributed by atoms with van der Waals surface area (Å²) in [5, 5.41) is 16.9. The van der Waals surface area contributed by atoms with Gasteiger partial charge in [-0.05, 0) is 61.6 Å². The van der Waals surface area contributed by atoms with Gasteiger partial charge in [-0.1, -0.05) is 35.8 Å². The Morgan fingerprint density at radius 3 is 2.51 bits per heavy atom. The first-order chi connectivity index (χ1) is 16.6. The fraction of sp³-hybridized carbons (Fsp3) is 0.440. The van der Waals surface area contributed by atoms with E-state index in [1.54, 1.807) is 6.07 Å². The number of anilines is 2. The van der Waals surface area contributed by atoms with Crippen LogP contribution in [0.25, 0.3) is 0 Å². The van der Waals surface area contributed by atoms with Gasteiger partial charge in [0.15, 0.2) is 0 Å². The summed E-state index contributed by atoms with van der Waals surface area (Å²) < 4.78 is 30.0. The van der Waals surface area contributed by atoms with Crippen LogP contribution in [0.1, 0.15) is 32.3 Å². The van der Waals surface area contributed by atoms with Gasteiger partial charge in [-0.15, -0.1) is 0 Å². The van der Waals surface area contributed by atoms with E-state index in [9.17, 15) is 23.5 Å². The highest BCUT2D eigenvalue weighted by Gasteiger charge is 2.53. The van der Waals surface area contributed by atoms with E-state index in [2.05, 4.69) is 45.3 Å². The summed E-state index contributed by atoms with van der Waals surface area (Å²) in [4.78, 5) is 29.2. The molecule has 10 heteroatoms. The lowest BCUT2D eigenvalue weighted by molar-refractivity contribution is -0.140. The molecule has 3 amide bonds. The number of benzene rings is 2. The molecule has 0 aromatic heterocycles. The van der Waals surface area contributed by atoms with Gasteiger partial charge in [-0.25, -0.2) is 18.5 Å². The maximum atomic E-state index is 14.7. The van der Waals surface area contributed by atoms with E-state index in [1.807, 2.05) is 0 Å². The van der Waals surface area contributed by atoms with Crippen LogP contribution in [0.3, 0.4) is 0 Å². The third-order valence-electron chi connectivity index (χ3n) is 6.48. The van der Waals surface area contributed by atoms with E-state index >= 15 is 0 Å². The number of aliphatic hydroxyl groups is 1. The van der Waals surface area contributed by atoms with E-state index < -0.39 is 35.0 Å². The predicted octanol–water partition coefficient (Wildman–Crippen LogP) is 4.41. The first kappa shape index (κ1) is 25.5. The number of rotatable bonds is 6. The molecule has 2 aromatic carbocycles. The second kappa shape index (κ2) is 10.2. The quantitative estimate of drug-likeness (QED) is 0.465. The standard InChI is InChI=1S/C25H29BrF2N4O3/c1-15-11-16(2)14-31(13-15)10-4-9-29-23(33)25(35)18-12-17(26)7-8-21(18)30-24(34)32(25)22-19(27)5-3-6-20(22)28/h3,5-8,12,15-16,35H,4,9-11,13-14H2,1-2H3,(H,29,33)(H,30,34)/t15-,16-,25+/m1/s1. The van der Waals surface area contributed by atoms with Crippen molar-refractivity contribution >= 4 is 39.2 Å². The third-order valence-corrected chi connectivity index (χ3v) is 6.98. The number of fused-ring (bicyclic) bond motifs is 1. The van der Waals surface area contributed by atoms with Crippen molar-refractivity contribution in [2.75, 3.05) is 36.4 Å². The molecule has 2 aromatic rings. The number of nitrogens with zero attached hydrogens (tertiary/aromatic N) is 2. The van der Waals surface area contributed by atoms with Gasteiger partial charge >= 0.3 is 6.03 Å². The number of likely N-dealkylation sites (tertiary alicyclic amines) is 1. The van der Waals surface area contributed by atoms with Gasteiger partial charge in [0.2, 0.25) is 0 Å². The Balaban J connectivity index is 1.60. The van der Waals surface area contributed by atoms with Crippen molar-refractivity contribution in [2.24, 2.45) is 11.8 Å². The molecule has 0 saturated carbocycles. The Morgan fingerprint density at radius 1 is 1.20 bits per heavy atom. The molecule has 2 aliphatic rings. The Morgan fingerprint density at radius 2 is 1.86 bits per heavy atom. The summed E-state index contributed by atoms with van der Waals surface area (Å²) in [5.41, 5.74) is -3.34. The summed E-state index contributed by atoms with van der Waals surface area (Å²) in [5.74, 6) is -1.91. The van der Waals surface area contributed by atoms with Crippen molar-refractivity contribution in [1.82, 2.24) is 10.2 Å². The molecule has 3 atom stereocenters. The second-order valence-corrected chi connectivity index (χ2v) is 10.4. The molecule has 7 nitrogen and oxygen atoms in total. The van der Waals surface area contributed by atoms with Crippen LogP contribution in [0.15, 0.2) is 40.9 Å². The van der Waals surface area contributed by atoms with Gasteiger partial charge in [0.05, 0.1) is 5.69 Å². The number of amides is 3. The van der Waals surface area contributed by atoms with Crippen LogP contribution < -0.4 is 15.5 Å². The summed E-state index contributed by atoms with van der Waals surface area (Å²) in [6, 6.07) is 6.60. The van der Waals surface area contributed by atoms with E-state index in [4.69, 9.17) is 0 Å². The van der Waals surface area contributed by atoms with E-state index in [0.717, 1.165) is 37.8 Å². The zero-order valence-corrected chi connectivity index (χ0v) is 21.2. The van der Waals surface area contributed by atoms with Gasteiger partial charge in [-0.3, -0.25) is 4.79 Å². The number of piperidine rings is 1. The fourth-order valence-electron chi connectivity index (χ4n) is 5.14. The fourth-order valence-corrected chi connectivity index (χ4v) is 5.51. The van der Waals surface area contributed by atoms with Crippen LogP contribution in [-0.2, 0) is 10.5 Å². The SMILES string of the molecule is C[C@@H]1C[C@@H](C)CN(CCCNC(=O)[C@@]2(O)c3cc(Br)ccc3NC(=O)N2c2c(F)cccc2F)C1. The van der Waals surface area contributed by atoms with Crippen LogP contribution in [-0.4, -0.2) is 48.1 Å². The number of para-hydroxylation sites is 1. The molecule has 4 rings (SSSR count). The summed E-state index contributed by atoms with van der Waals surface area (Å²) >= 11 is 3.30. The number of nitrogens with one attached hydrogen (secondary N) is 2. The van der Waals surface area contributed by atoms with Crippen LogP contribution >= 0.6 is 15.9 Å². The molecular weight excluding hydrogens is 522 g/mol. The first-order valence-corrected chi connectivity index (χ1v) is 12.5. The van der Waals surface area contributed by atoms with Crippen molar-refractivity contribution < 1.29 is 23.5 Å². The van der Waals surface area contributed by atoms with E-state index in [0.29, 0.717) is 27.6 Å². The topological polar surface area (TPSA) is 84.9 Å². The van der Waals surface area contributed by atoms with Crippen molar-refractivity contribution in [3.8, 4) is 0 Å². The molecule has 1 saturated heterocycles. The average Bonchev–Trinajstić information content (AvgIpc) is 2.78. The molecule has 0 unspecified atom stereocenters. The Bertz CT molecular complexity index is 1100. The maximum absolute atomic E-state index is 14.7. The molecule has 0 radical (unpaired) electrons. The van der Waals surface area contributed by atoms with Gasteiger partial charge in [0.1, 0.15) is 17.3 Å². The smallest absolute Gasteiger partial charge is 0.329 e. The van der Waals surface area contributed by atoms with Crippen LogP contribution in [0.2, 0.25) is 0 Å². The molecule has 2 heterocycles. The largest absolute Gasteiger partial charge is 0.359 e. The lowest BCUT2D eigenvalue weighted by Gasteiger charge is -2.42. The van der Waals surface area contributed by atoms with E-state index in [-0.39, 0.29) is 17.8 Å². The molecule has 2 aliphatic heterocycles. The molecule has 0 spiro atoms. The zero-order chi connectivity index (χ0) is 25.3. The number of hydrogen-bond donors (Lipinski definition) is 3. The number of carbonyl (C=O) groups excluding carboxylic acids is 2. The van der Waals surface area contributed by atoms with Crippen molar-refractivity contribution in [3.63, 3.8) is 0 Å². The third kappa shape index (κ3) is 5.05. The highest BCUT2D eigenvalue weighted by Crippen LogP contribution is 2.42. The molecule has 0 aliphatic carbocycles. The van der Waals surface area contributed by atoms with Crippen LogP contribution in [0.5, 0.6) is 0 Å². The number of carbonyl (C=O) groups is 2. The monoisotopic (exact) mass is 550 g/mol. The number of hydrogen-bond acceptors (Lipinski definition) is 4. The normalized spacial score (nSPS) is 24.6. The molecule has 188 valence electrons. The predicted molar refractivity (Wildman–Crippen MR) is 133 cm³/mol. The Hall–Kier alpha value is -2.56. The minimum atomic E-state index is -2.68. The number of urea groups is 1. The average molecular weight is 551 g/mol. The van der Waals surface area contributed by atoms with Gasteiger partial charge in [-0.2, -0.15) is 0 Å². The maximum Gasteiger partial charge on any atom is 0.329 e. The zero-order valence-electron chi connectivity index (χ0n) is 19.7. The summed E-state index contributed by atoms with van der Waals surface area (Å²) in [6.45, 7) is 7.41. The van der Waals surface area contributed by atoms with Crippen molar-refractivity contribution in [1.29, 1.82) is 0 Å². The molecule has 0 bridgehead atoms. The molecule has 1 fully saturated rings. The highest BCUT2D eigenvalue weighted by molar-refractivity contribution is 9.10. The van der Waals surface area contributed by atoms with E-state index in [1.165, 1.54) is 18.6 Å². The summed E-state index contributed by atoms with van der Waals surface area (Å²) in [6.07, 6.45) is 1.81. The molecule has 3 N–H and O–H groups in total. The highest BCUT2D eigenvalue weighted by atomic mass is 79.9. The lowest BCUT2D eigenvalue weighted by Crippen LogP contribution is -2.63. The van der Waals surface area contributed by atoms with Crippen molar-refractivity contribution in [3.05, 3.63) is 58.1 Å². The molecule has 35 heavy (non-hydrogen) atoms. The Kier molecular flexibility index (Phi) is 7.44.